The molecule has 0 aliphatic carbocycles. The van der Waals surface area contributed by atoms with Gasteiger partial charge in [-0.1, -0.05) is 41.5 Å². The van der Waals surface area contributed by atoms with E-state index in [1.807, 2.05) is 0 Å². The maximum Gasteiger partial charge on any atom is 0.0477 e. The lowest BCUT2D eigenvalue weighted by molar-refractivity contribution is 0.166. The first-order valence-corrected chi connectivity index (χ1v) is 4.37. The van der Waals surface area contributed by atoms with Crippen LogP contribution >= 0.6 is 0 Å². The van der Waals surface area contributed by atoms with Crippen LogP contribution in [0.5, 0.6) is 0 Å². The number of hydrogen-bond acceptors (Lipinski definition) is 2. The van der Waals surface area contributed by atoms with Gasteiger partial charge in [0.2, 0.25) is 0 Å². The number of nitrogens with zero attached hydrogens (tertiary/aromatic N) is 1. The SMILES string of the molecule is CC(C)(C)C(C=NO)C(C)(C)C. The number of oxime groups is 1. The Morgan fingerprint density at radius 1 is 1.00 bits per heavy atom. The summed E-state index contributed by atoms with van der Waals surface area (Å²) in [6.45, 7) is 12.9. The fourth-order valence-corrected chi connectivity index (χ4v) is 1.81. The van der Waals surface area contributed by atoms with E-state index in [-0.39, 0.29) is 16.7 Å². The molecular formula is C10H21NO. The van der Waals surface area contributed by atoms with Gasteiger partial charge in [-0.05, 0) is 10.8 Å². The smallest absolute Gasteiger partial charge is 0.0477 e. The maximum absolute atomic E-state index is 8.53. The zero-order valence-electron chi connectivity index (χ0n) is 9.05. The fraction of sp³-hybridized carbons (Fsp3) is 0.900. The van der Waals surface area contributed by atoms with Crippen molar-refractivity contribution in [2.24, 2.45) is 21.9 Å². The predicted molar refractivity (Wildman–Crippen MR) is 52.7 cm³/mol. The molecule has 0 aliphatic rings. The molecule has 0 radical (unpaired) electrons. The molecule has 0 aliphatic heterocycles. The first-order valence-electron chi connectivity index (χ1n) is 4.37. The Hall–Kier alpha value is -0.530. The van der Waals surface area contributed by atoms with Crippen LogP contribution in [0.1, 0.15) is 41.5 Å². The summed E-state index contributed by atoms with van der Waals surface area (Å²) in [4.78, 5) is 0. The molecule has 0 heterocycles. The van der Waals surface area contributed by atoms with E-state index in [4.69, 9.17) is 5.21 Å². The third-order valence-electron chi connectivity index (χ3n) is 2.08. The Labute approximate surface area is 75.7 Å². The zero-order valence-corrected chi connectivity index (χ0v) is 9.05. The van der Waals surface area contributed by atoms with E-state index >= 15 is 0 Å². The van der Waals surface area contributed by atoms with Gasteiger partial charge in [-0.3, -0.25) is 0 Å². The van der Waals surface area contributed by atoms with Gasteiger partial charge in [-0.25, -0.2) is 0 Å². The van der Waals surface area contributed by atoms with Crippen molar-refractivity contribution in [2.45, 2.75) is 41.5 Å². The van der Waals surface area contributed by atoms with E-state index in [2.05, 4.69) is 46.7 Å². The van der Waals surface area contributed by atoms with E-state index in [9.17, 15) is 0 Å². The lowest BCUT2D eigenvalue weighted by Gasteiger charge is -2.37. The quantitative estimate of drug-likeness (QED) is 0.367. The third kappa shape index (κ3) is 3.24. The topological polar surface area (TPSA) is 32.6 Å². The van der Waals surface area contributed by atoms with E-state index in [0.29, 0.717) is 0 Å². The van der Waals surface area contributed by atoms with E-state index in [1.54, 1.807) is 6.21 Å². The predicted octanol–water partition coefficient (Wildman–Crippen LogP) is 3.15. The van der Waals surface area contributed by atoms with Gasteiger partial charge in [0.05, 0.1) is 0 Å². The summed E-state index contributed by atoms with van der Waals surface area (Å²) in [5.74, 6) is 0.287. The van der Waals surface area contributed by atoms with E-state index in [1.165, 1.54) is 0 Å². The first-order chi connectivity index (χ1) is 5.19. The lowest BCUT2D eigenvalue weighted by Crippen LogP contribution is -2.33. The molecule has 0 aromatic carbocycles. The molecule has 0 bridgehead atoms. The Morgan fingerprint density at radius 2 is 1.33 bits per heavy atom. The highest BCUT2D eigenvalue weighted by Crippen LogP contribution is 2.38. The minimum absolute atomic E-state index is 0.143. The lowest BCUT2D eigenvalue weighted by atomic mass is 9.67. The highest BCUT2D eigenvalue weighted by molar-refractivity contribution is 5.62. The van der Waals surface area contributed by atoms with E-state index < -0.39 is 0 Å². The molecule has 0 saturated carbocycles. The van der Waals surface area contributed by atoms with Gasteiger partial charge in [0, 0.05) is 12.1 Å². The minimum atomic E-state index is 0.143. The highest BCUT2D eigenvalue weighted by Gasteiger charge is 2.33. The molecule has 0 amide bonds. The van der Waals surface area contributed by atoms with Crippen molar-refractivity contribution in [3.63, 3.8) is 0 Å². The summed E-state index contributed by atoms with van der Waals surface area (Å²) in [7, 11) is 0. The molecule has 0 rings (SSSR count). The van der Waals surface area contributed by atoms with Gasteiger partial charge in [0.15, 0.2) is 0 Å². The molecule has 1 N–H and O–H groups in total. The Morgan fingerprint density at radius 3 is 1.42 bits per heavy atom. The van der Waals surface area contributed by atoms with Crippen LogP contribution in [0.25, 0.3) is 0 Å². The summed E-state index contributed by atoms with van der Waals surface area (Å²) in [5.41, 5.74) is 0.287. The van der Waals surface area contributed by atoms with E-state index in [0.717, 1.165) is 0 Å². The van der Waals surface area contributed by atoms with Crippen molar-refractivity contribution in [1.82, 2.24) is 0 Å². The molecule has 12 heavy (non-hydrogen) atoms. The fourth-order valence-electron chi connectivity index (χ4n) is 1.81. The van der Waals surface area contributed by atoms with Crippen LogP contribution in [0.15, 0.2) is 5.16 Å². The molecule has 2 nitrogen and oxygen atoms in total. The second-order valence-corrected chi connectivity index (χ2v) is 5.47. The molecule has 0 spiro atoms. The molecule has 0 aromatic rings. The summed E-state index contributed by atoms with van der Waals surface area (Å²) >= 11 is 0. The molecule has 0 atom stereocenters. The molecule has 72 valence electrons. The van der Waals surface area contributed by atoms with Crippen LogP contribution < -0.4 is 0 Å². The van der Waals surface area contributed by atoms with Crippen molar-refractivity contribution >= 4 is 6.21 Å². The Bertz CT molecular complexity index is 146. The molecule has 0 unspecified atom stereocenters. The molecular weight excluding hydrogens is 150 g/mol. The van der Waals surface area contributed by atoms with Gasteiger partial charge >= 0.3 is 0 Å². The van der Waals surface area contributed by atoms with Gasteiger partial charge < -0.3 is 5.21 Å². The third-order valence-corrected chi connectivity index (χ3v) is 2.08. The van der Waals surface area contributed by atoms with Crippen LogP contribution in [-0.2, 0) is 0 Å². The second-order valence-electron chi connectivity index (χ2n) is 5.47. The zero-order chi connectivity index (χ0) is 9.99. The first kappa shape index (κ1) is 11.5. The number of hydrogen-bond donors (Lipinski definition) is 1. The van der Waals surface area contributed by atoms with Crippen LogP contribution in [0, 0.1) is 16.7 Å². The highest BCUT2D eigenvalue weighted by atomic mass is 16.4. The van der Waals surface area contributed by atoms with Crippen molar-refractivity contribution in [2.75, 3.05) is 0 Å². The van der Waals surface area contributed by atoms with Crippen molar-refractivity contribution in [3.05, 3.63) is 0 Å². The number of rotatable bonds is 1. The molecule has 0 saturated heterocycles. The standard InChI is InChI=1S/C10H21NO/c1-9(2,3)8(7-11-12)10(4,5)6/h7-8,12H,1-6H3. The Kier molecular flexibility index (Phi) is 3.31. The maximum atomic E-state index is 8.53. The van der Waals surface area contributed by atoms with Gasteiger partial charge in [-0.15, -0.1) is 5.16 Å². The van der Waals surface area contributed by atoms with Crippen LogP contribution in [0.3, 0.4) is 0 Å². The summed E-state index contributed by atoms with van der Waals surface area (Å²) < 4.78 is 0. The van der Waals surface area contributed by atoms with Crippen LogP contribution in [-0.4, -0.2) is 11.4 Å². The molecule has 0 fully saturated rings. The molecule has 0 aromatic heterocycles. The van der Waals surface area contributed by atoms with Gasteiger partial charge in [-0.2, -0.15) is 0 Å². The normalized spacial score (nSPS) is 14.6. The van der Waals surface area contributed by atoms with Gasteiger partial charge in [0.25, 0.3) is 0 Å². The summed E-state index contributed by atoms with van der Waals surface area (Å²) in [6.07, 6.45) is 1.64. The van der Waals surface area contributed by atoms with Crippen LogP contribution in [0.4, 0.5) is 0 Å². The minimum Gasteiger partial charge on any atom is -0.411 e. The van der Waals surface area contributed by atoms with Gasteiger partial charge in [0.1, 0.15) is 0 Å². The van der Waals surface area contributed by atoms with Crippen molar-refractivity contribution in [3.8, 4) is 0 Å². The monoisotopic (exact) mass is 171 g/mol. The van der Waals surface area contributed by atoms with Crippen molar-refractivity contribution < 1.29 is 5.21 Å². The van der Waals surface area contributed by atoms with Crippen LogP contribution in [0.2, 0.25) is 0 Å². The Balaban J connectivity index is 4.69. The summed E-state index contributed by atoms with van der Waals surface area (Å²) in [5, 5.41) is 11.7. The largest absolute Gasteiger partial charge is 0.411 e. The summed E-state index contributed by atoms with van der Waals surface area (Å²) in [6, 6.07) is 0. The molecule has 2 heteroatoms. The second kappa shape index (κ2) is 3.46. The average Bonchev–Trinajstić information content (AvgIpc) is 1.77. The van der Waals surface area contributed by atoms with Crippen molar-refractivity contribution in [1.29, 1.82) is 0 Å². The average molecular weight is 171 g/mol.